The Morgan fingerprint density at radius 3 is 2.53 bits per heavy atom. The lowest BCUT2D eigenvalue weighted by atomic mass is 9.72. The molecule has 238 valence electrons. The molecule has 0 bridgehead atoms. The van der Waals surface area contributed by atoms with Gasteiger partial charge in [-0.1, -0.05) is 29.2 Å². The van der Waals surface area contributed by atoms with E-state index in [-0.39, 0.29) is 18.8 Å². The second-order valence-electron chi connectivity index (χ2n) is 12.0. The van der Waals surface area contributed by atoms with Crippen molar-refractivity contribution in [2.75, 3.05) is 25.0 Å². The second kappa shape index (κ2) is 13.8. The molecule has 1 aliphatic heterocycles. The number of benzene rings is 1. The van der Waals surface area contributed by atoms with Crippen LogP contribution in [0.15, 0.2) is 64.1 Å². The summed E-state index contributed by atoms with van der Waals surface area (Å²) >= 11 is 2.63. The molecule has 8 nitrogen and oxygen atoms in total. The molecule has 3 aromatic heterocycles. The number of nitrogens with one attached hydrogen (secondary N) is 2. The quantitative estimate of drug-likeness (QED) is 0.190. The minimum Gasteiger partial charge on any atom is -0.444 e. The molecule has 1 aromatic carbocycles. The molecule has 0 radical (unpaired) electrons. The van der Waals surface area contributed by atoms with E-state index in [1.807, 2.05) is 19.1 Å². The fraction of sp³-hybridized carbons (Fsp3) is 0.375. The average Bonchev–Trinajstić information content (AvgIpc) is 3.41. The Labute approximate surface area is 268 Å². The molecule has 1 aliphatic rings. The maximum atomic E-state index is 15.6. The molecular formula is C32H35F3N6O2S2. The number of nitrogens with zero attached hydrogens (tertiary/aromatic N) is 4. The maximum absolute atomic E-state index is 15.6. The lowest BCUT2D eigenvalue weighted by Crippen LogP contribution is -2.50. The molecule has 1 fully saturated rings. The number of aromatic nitrogens is 3. The van der Waals surface area contributed by atoms with Gasteiger partial charge in [0.1, 0.15) is 23.1 Å². The summed E-state index contributed by atoms with van der Waals surface area (Å²) in [5.41, 5.74) is 0.245. The third kappa shape index (κ3) is 8.33. The third-order valence-corrected chi connectivity index (χ3v) is 9.45. The van der Waals surface area contributed by atoms with Gasteiger partial charge in [-0.15, -0.1) is 0 Å². The van der Waals surface area contributed by atoms with Gasteiger partial charge in [0.25, 0.3) is 0 Å². The summed E-state index contributed by atoms with van der Waals surface area (Å²) in [6.07, 6.45) is 5.33. The summed E-state index contributed by atoms with van der Waals surface area (Å²) in [4.78, 5) is 27.6. The standard InChI is InChI=1S/C32H35F3N6O2S2/c1-20-7-11-38-26(15-20)40-29-39-18-27(45-29)44-25-8-12-37-24(28(25)35)17-36-19-32(22-6-5-21(33)16-23(22)34)9-13-41(14-10-32)30(42)43-31(2,3)4/h5-8,11-12,15-16,18,36H,9-10,13-14,17,19H2,1-4H3,(H,38,39,40). The number of anilines is 2. The largest absolute Gasteiger partial charge is 0.444 e. The number of hydrogen-bond donors (Lipinski definition) is 2. The summed E-state index contributed by atoms with van der Waals surface area (Å²) in [6.45, 7) is 8.40. The Balaban J connectivity index is 1.26. The van der Waals surface area contributed by atoms with Gasteiger partial charge in [0.05, 0.1) is 21.0 Å². The number of rotatable bonds is 9. The Bertz CT molecular complexity index is 1650. The highest BCUT2D eigenvalue weighted by atomic mass is 32.2. The van der Waals surface area contributed by atoms with Crippen molar-refractivity contribution in [2.45, 2.75) is 67.2 Å². The van der Waals surface area contributed by atoms with Crippen LogP contribution < -0.4 is 10.6 Å². The van der Waals surface area contributed by atoms with Gasteiger partial charge >= 0.3 is 6.09 Å². The van der Waals surface area contributed by atoms with Gasteiger partial charge in [0.2, 0.25) is 0 Å². The van der Waals surface area contributed by atoms with E-state index in [9.17, 15) is 9.18 Å². The van der Waals surface area contributed by atoms with Gasteiger partial charge in [-0.2, -0.15) is 0 Å². The van der Waals surface area contributed by atoms with Crippen LogP contribution >= 0.6 is 23.1 Å². The van der Waals surface area contributed by atoms with E-state index >= 15 is 8.78 Å². The van der Waals surface area contributed by atoms with Crippen LogP contribution in [0.25, 0.3) is 0 Å². The molecule has 0 aliphatic carbocycles. The van der Waals surface area contributed by atoms with Crippen molar-refractivity contribution in [2.24, 2.45) is 0 Å². The summed E-state index contributed by atoms with van der Waals surface area (Å²) in [5, 5.41) is 7.08. The molecule has 45 heavy (non-hydrogen) atoms. The average molecular weight is 657 g/mol. The number of amides is 1. The Morgan fingerprint density at radius 2 is 1.82 bits per heavy atom. The summed E-state index contributed by atoms with van der Waals surface area (Å²) < 4.78 is 50.8. The van der Waals surface area contributed by atoms with Crippen molar-refractivity contribution in [3.63, 3.8) is 0 Å². The first-order chi connectivity index (χ1) is 21.4. The molecule has 0 atom stereocenters. The molecule has 13 heteroatoms. The van der Waals surface area contributed by atoms with Crippen LogP contribution in [-0.2, 0) is 16.7 Å². The highest BCUT2D eigenvalue weighted by Gasteiger charge is 2.40. The van der Waals surface area contributed by atoms with E-state index in [1.54, 1.807) is 50.3 Å². The lowest BCUT2D eigenvalue weighted by molar-refractivity contribution is 0.0161. The van der Waals surface area contributed by atoms with Crippen LogP contribution in [-0.4, -0.2) is 51.2 Å². The van der Waals surface area contributed by atoms with Gasteiger partial charge in [-0.3, -0.25) is 4.98 Å². The van der Waals surface area contributed by atoms with Gasteiger partial charge < -0.3 is 20.3 Å². The highest BCUT2D eigenvalue weighted by molar-refractivity contribution is 8.01. The zero-order valence-corrected chi connectivity index (χ0v) is 27.1. The Morgan fingerprint density at radius 1 is 1.07 bits per heavy atom. The first-order valence-electron chi connectivity index (χ1n) is 14.5. The number of aryl methyl sites for hydroxylation is 1. The molecule has 0 saturated carbocycles. The van der Waals surface area contributed by atoms with E-state index in [0.717, 1.165) is 15.8 Å². The van der Waals surface area contributed by atoms with Crippen molar-refractivity contribution in [1.29, 1.82) is 0 Å². The predicted molar refractivity (Wildman–Crippen MR) is 169 cm³/mol. The molecule has 0 spiro atoms. The summed E-state index contributed by atoms with van der Waals surface area (Å²) in [6, 6.07) is 8.99. The highest BCUT2D eigenvalue weighted by Crippen LogP contribution is 2.38. The van der Waals surface area contributed by atoms with E-state index in [0.29, 0.717) is 47.3 Å². The first kappa shape index (κ1) is 32.7. The molecule has 5 rings (SSSR count). The fourth-order valence-electron chi connectivity index (χ4n) is 5.18. The van der Waals surface area contributed by atoms with Crippen molar-refractivity contribution in [1.82, 2.24) is 25.2 Å². The molecule has 2 N–H and O–H groups in total. The van der Waals surface area contributed by atoms with Crippen LogP contribution in [0, 0.1) is 24.4 Å². The van der Waals surface area contributed by atoms with Crippen molar-refractivity contribution in [3.8, 4) is 0 Å². The van der Waals surface area contributed by atoms with Crippen LogP contribution in [0.4, 0.5) is 28.9 Å². The van der Waals surface area contributed by atoms with E-state index < -0.39 is 34.6 Å². The summed E-state index contributed by atoms with van der Waals surface area (Å²) in [5.74, 6) is -1.10. The number of carbonyl (C=O) groups is 1. The molecule has 4 heterocycles. The van der Waals surface area contributed by atoms with Gasteiger partial charge in [0.15, 0.2) is 10.9 Å². The third-order valence-electron chi connectivity index (χ3n) is 7.40. The molecule has 0 unspecified atom stereocenters. The van der Waals surface area contributed by atoms with Crippen molar-refractivity contribution >= 4 is 40.1 Å². The lowest BCUT2D eigenvalue weighted by Gasteiger charge is -2.42. The zero-order chi connectivity index (χ0) is 32.2. The topological polar surface area (TPSA) is 92.3 Å². The SMILES string of the molecule is Cc1ccnc(Nc2ncc(Sc3ccnc(CNCC4(c5ccc(F)cc5F)CCN(C(=O)OC(C)(C)C)CC4)c3F)s2)c1. The normalized spacial score (nSPS) is 14.8. The fourth-order valence-corrected chi connectivity index (χ4v) is 7.07. The van der Waals surface area contributed by atoms with E-state index in [4.69, 9.17) is 4.74 Å². The number of piperidine rings is 1. The minimum atomic E-state index is -0.753. The predicted octanol–water partition coefficient (Wildman–Crippen LogP) is 7.61. The van der Waals surface area contributed by atoms with E-state index in [1.165, 1.54) is 35.2 Å². The van der Waals surface area contributed by atoms with Crippen molar-refractivity contribution in [3.05, 3.63) is 89.3 Å². The number of ether oxygens (including phenoxy) is 1. The van der Waals surface area contributed by atoms with Gasteiger partial charge in [0, 0.05) is 50.1 Å². The Kier molecular flexibility index (Phi) is 10.00. The number of halogens is 3. The van der Waals surface area contributed by atoms with Crippen LogP contribution in [0.2, 0.25) is 0 Å². The zero-order valence-electron chi connectivity index (χ0n) is 25.5. The van der Waals surface area contributed by atoms with Crippen LogP contribution in [0.1, 0.15) is 50.4 Å². The number of thiazole rings is 1. The van der Waals surface area contributed by atoms with Crippen molar-refractivity contribution < 1.29 is 22.7 Å². The maximum Gasteiger partial charge on any atom is 0.410 e. The van der Waals surface area contributed by atoms with Crippen LogP contribution in [0.5, 0.6) is 0 Å². The summed E-state index contributed by atoms with van der Waals surface area (Å²) in [7, 11) is 0. The van der Waals surface area contributed by atoms with Gasteiger partial charge in [-0.05, 0) is 75.9 Å². The molecular weight excluding hydrogens is 622 g/mol. The van der Waals surface area contributed by atoms with Crippen LogP contribution in [0.3, 0.4) is 0 Å². The van der Waals surface area contributed by atoms with E-state index in [2.05, 4.69) is 25.6 Å². The number of carbonyl (C=O) groups excluding carboxylic acids is 1. The minimum absolute atomic E-state index is 0.0924. The van der Waals surface area contributed by atoms with Gasteiger partial charge in [-0.25, -0.2) is 27.9 Å². The number of pyridine rings is 2. The molecule has 1 saturated heterocycles. The smallest absolute Gasteiger partial charge is 0.410 e. The first-order valence-corrected chi connectivity index (χ1v) is 16.1. The second-order valence-corrected chi connectivity index (χ2v) is 14.3. The molecule has 4 aromatic rings. The number of hydrogen-bond acceptors (Lipinski definition) is 9. The monoisotopic (exact) mass is 656 g/mol. The number of likely N-dealkylation sites (tertiary alicyclic amines) is 1. The Hall–Kier alpha value is -3.68. The molecule has 1 amide bonds.